The van der Waals surface area contributed by atoms with Crippen LogP contribution in [-0.4, -0.2) is 25.8 Å². The highest BCUT2D eigenvalue weighted by Crippen LogP contribution is 2.51. The zero-order chi connectivity index (χ0) is 17.0. The van der Waals surface area contributed by atoms with E-state index >= 15 is 0 Å². The van der Waals surface area contributed by atoms with Gasteiger partial charge in [-0.2, -0.15) is 4.31 Å². The largest absolute Gasteiger partial charge is 0.243 e. The molecular weight excluding hydrogens is 306 g/mol. The predicted octanol–water partition coefficient (Wildman–Crippen LogP) is 3.92. The van der Waals surface area contributed by atoms with E-state index in [1.165, 1.54) is 16.7 Å². The van der Waals surface area contributed by atoms with Crippen molar-refractivity contribution in [2.75, 3.05) is 13.1 Å². The van der Waals surface area contributed by atoms with Crippen LogP contribution in [0.3, 0.4) is 0 Å². The van der Waals surface area contributed by atoms with Crippen LogP contribution in [0.5, 0.6) is 0 Å². The summed E-state index contributed by atoms with van der Waals surface area (Å²) in [6.45, 7) is 11.8. The van der Waals surface area contributed by atoms with Crippen LogP contribution in [0.4, 0.5) is 0 Å². The Labute approximate surface area is 139 Å². The Bertz CT molecular complexity index is 793. The SMILES string of the molecule is CC1=C2CN(S(=O)(=O)c3ccc(C)cc3)CC=C2C1C(C)(C)C. The van der Waals surface area contributed by atoms with Crippen LogP contribution in [0.2, 0.25) is 0 Å². The van der Waals surface area contributed by atoms with E-state index in [0.29, 0.717) is 23.9 Å². The Kier molecular flexibility index (Phi) is 3.81. The van der Waals surface area contributed by atoms with E-state index < -0.39 is 10.0 Å². The normalized spacial score (nSPS) is 22.5. The first-order valence-electron chi connectivity index (χ1n) is 8.09. The van der Waals surface area contributed by atoms with Crippen LogP contribution in [0.25, 0.3) is 0 Å². The Morgan fingerprint density at radius 1 is 1.09 bits per heavy atom. The number of hydrogen-bond acceptors (Lipinski definition) is 2. The van der Waals surface area contributed by atoms with Gasteiger partial charge in [0.25, 0.3) is 0 Å². The van der Waals surface area contributed by atoms with Gasteiger partial charge in [-0.1, -0.05) is 50.1 Å². The zero-order valence-corrected chi connectivity index (χ0v) is 15.4. The highest BCUT2D eigenvalue weighted by atomic mass is 32.2. The van der Waals surface area contributed by atoms with Crippen molar-refractivity contribution < 1.29 is 8.42 Å². The maximum Gasteiger partial charge on any atom is 0.243 e. The highest BCUT2D eigenvalue weighted by Gasteiger charge is 2.43. The third-order valence-electron chi connectivity index (χ3n) is 4.94. The third kappa shape index (κ3) is 2.68. The maximum absolute atomic E-state index is 12.8. The molecule has 0 saturated heterocycles. The summed E-state index contributed by atoms with van der Waals surface area (Å²) in [5.41, 5.74) is 5.16. The number of allylic oxidation sites excluding steroid dienone is 1. The maximum atomic E-state index is 12.8. The van der Waals surface area contributed by atoms with E-state index in [-0.39, 0.29) is 5.41 Å². The van der Waals surface area contributed by atoms with E-state index in [1.807, 2.05) is 19.1 Å². The van der Waals surface area contributed by atoms with Crippen LogP contribution < -0.4 is 0 Å². The lowest BCUT2D eigenvalue weighted by Gasteiger charge is -2.47. The van der Waals surface area contributed by atoms with Crippen molar-refractivity contribution in [1.82, 2.24) is 4.31 Å². The molecule has 1 aliphatic heterocycles. The highest BCUT2D eigenvalue weighted by molar-refractivity contribution is 7.89. The lowest BCUT2D eigenvalue weighted by Crippen LogP contribution is -2.43. The van der Waals surface area contributed by atoms with E-state index in [2.05, 4.69) is 33.8 Å². The predicted molar refractivity (Wildman–Crippen MR) is 93.7 cm³/mol. The number of benzene rings is 1. The summed E-state index contributed by atoms with van der Waals surface area (Å²) in [7, 11) is -3.42. The molecule has 4 heteroatoms. The molecule has 0 N–H and O–H groups in total. The minimum Gasteiger partial charge on any atom is -0.207 e. The summed E-state index contributed by atoms with van der Waals surface area (Å²) < 4.78 is 27.3. The van der Waals surface area contributed by atoms with Crippen LogP contribution in [-0.2, 0) is 10.0 Å². The van der Waals surface area contributed by atoms with Crippen molar-refractivity contribution in [3.63, 3.8) is 0 Å². The van der Waals surface area contributed by atoms with Crippen LogP contribution in [0.15, 0.2) is 52.0 Å². The summed E-state index contributed by atoms with van der Waals surface area (Å²) in [5.74, 6) is 0.460. The second kappa shape index (κ2) is 5.32. The number of sulfonamides is 1. The molecule has 0 saturated carbocycles. The van der Waals surface area contributed by atoms with Gasteiger partial charge in [-0.25, -0.2) is 8.42 Å². The Hall–Kier alpha value is -1.39. The molecule has 0 amide bonds. The quantitative estimate of drug-likeness (QED) is 0.824. The molecule has 0 fully saturated rings. The molecule has 1 aromatic rings. The Morgan fingerprint density at radius 2 is 1.70 bits per heavy atom. The first kappa shape index (κ1) is 16.5. The summed E-state index contributed by atoms with van der Waals surface area (Å²) >= 11 is 0. The summed E-state index contributed by atoms with van der Waals surface area (Å²) in [6, 6.07) is 7.09. The van der Waals surface area contributed by atoms with Gasteiger partial charge in [-0.15, -0.1) is 0 Å². The lowest BCUT2D eigenvalue weighted by atomic mass is 9.61. The second-order valence-corrected chi connectivity index (χ2v) is 9.67. The minimum atomic E-state index is -3.42. The van der Waals surface area contributed by atoms with Gasteiger partial charge in [0.2, 0.25) is 10.0 Å². The van der Waals surface area contributed by atoms with Crippen molar-refractivity contribution >= 4 is 10.0 Å². The van der Waals surface area contributed by atoms with Crippen molar-refractivity contribution in [3.05, 3.63) is 52.6 Å². The average molecular weight is 331 g/mol. The number of hydrogen-bond donors (Lipinski definition) is 0. The first-order valence-corrected chi connectivity index (χ1v) is 9.53. The molecule has 1 heterocycles. The van der Waals surface area contributed by atoms with Gasteiger partial charge in [0.15, 0.2) is 0 Å². The van der Waals surface area contributed by atoms with Gasteiger partial charge in [-0.05, 0) is 42.5 Å². The fourth-order valence-electron chi connectivity index (χ4n) is 3.79. The summed E-state index contributed by atoms with van der Waals surface area (Å²) in [4.78, 5) is 0.380. The number of aryl methyl sites for hydroxylation is 1. The fourth-order valence-corrected chi connectivity index (χ4v) is 5.14. The van der Waals surface area contributed by atoms with E-state index in [9.17, 15) is 8.42 Å². The van der Waals surface area contributed by atoms with Gasteiger partial charge in [0.05, 0.1) is 4.90 Å². The Balaban J connectivity index is 1.89. The monoisotopic (exact) mass is 331 g/mol. The van der Waals surface area contributed by atoms with E-state index in [1.54, 1.807) is 16.4 Å². The lowest BCUT2D eigenvalue weighted by molar-refractivity contribution is 0.287. The third-order valence-corrected chi connectivity index (χ3v) is 6.77. The van der Waals surface area contributed by atoms with Gasteiger partial charge in [0, 0.05) is 19.0 Å². The van der Waals surface area contributed by atoms with Gasteiger partial charge in [0.1, 0.15) is 0 Å². The standard InChI is InChI=1S/C19H25NO2S/c1-13-6-8-15(9-7-13)23(21,22)20-11-10-16-17(12-20)14(2)18(16)19(3,4)5/h6-10,18H,11-12H2,1-5H3. The number of fused-ring (bicyclic) bond motifs is 1. The summed E-state index contributed by atoms with van der Waals surface area (Å²) in [6.07, 6.45) is 2.10. The van der Waals surface area contributed by atoms with Crippen LogP contribution in [0.1, 0.15) is 33.3 Å². The molecule has 0 aromatic heterocycles. The topological polar surface area (TPSA) is 37.4 Å². The molecule has 0 spiro atoms. The molecule has 2 aliphatic rings. The summed E-state index contributed by atoms with van der Waals surface area (Å²) in [5, 5.41) is 0. The molecular formula is C19H25NO2S. The van der Waals surface area contributed by atoms with E-state index in [4.69, 9.17) is 0 Å². The minimum absolute atomic E-state index is 0.192. The average Bonchev–Trinajstić information content (AvgIpc) is 2.45. The molecule has 1 aromatic carbocycles. The zero-order valence-electron chi connectivity index (χ0n) is 14.6. The smallest absolute Gasteiger partial charge is 0.207 e. The molecule has 1 atom stereocenters. The molecule has 124 valence electrons. The number of rotatable bonds is 2. The molecule has 3 rings (SSSR count). The number of nitrogens with zero attached hydrogens (tertiary/aromatic N) is 1. The van der Waals surface area contributed by atoms with Gasteiger partial charge in [-0.3, -0.25) is 0 Å². The van der Waals surface area contributed by atoms with Crippen molar-refractivity contribution in [1.29, 1.82) is 0 Å². The van der Waals surface area contributed by atoms with Crippen molar-refractivity contribution in [3.8, 4) is 0 Å². The van der Waals surface area contributed by atoms with Crippen LogP contribution in [0, 0.1) is 18.3 Å². The molecule has 0 radical (unpaired) electrons. The van der Waals surface area contributed by atoms with Crippen molar-refractivity contribution in [2.45, 2.75) is 39.5 Å². The molecule has 0 bridgehead atoms. The second-order valence-electron chi connectivity index (χ2n) is 7.73. The molecule has 1 unspecified atom stereocenters. The Morgan fingerprint density at radius 3 is 2.26 bits per heavy atom. The van der Waals surface area contributed by atoms with Crippen molar-refractivity contribution in [2.24, 2.45) is 11.3 Å². The van der Waals surface area contributed by atoms with Crippen LogP contribution >= 0.6 is 0 Å². The van der Waals surface area contributed by atoms with E-state index in [0.717, 1.165) is 5.56 Å². The molecule has 1 aliphatic carbocycles. The fraction of sp³-hybridized carbons (Fsp3) is 0.474. The first-order chi connectivity index (χ1) is 10.6. The van der Waals surface area contributed by atoms with Gasteiger partial charge >= 0.3 is 0 Å². The van der Waals surface area contributed by atoms with Gasteiger partial charge < -0.3 is 0 Å². The molecule has 3 nitrogen and oxygen atoms in total. The molecule has 23 heavy (non-hydrogen) atoms.